The fourth-order valence-electron chi connectivity index (χ4n) is 1.78. The molecular weight excluding hydrogens is 302 g/mol. The van der Waals surface area contributed by atoms with Gasteiger partial charge in [-0.1, -0.05) is 28.6 Å². The van der Waals surface area contributed by atoms with E-state index in [4.69, 9.17) is 11.6 Å². The summed E-state index contributed by atoms with van der Waals surface area (Å²) in [6, 6.07) is 7.71. The lowest BCUT2D eigenvalue weighted by Gasteiger charge is -2.13. The maximum absolute atomic E-state index is 5.87. The van der Waals surface area contributed by atoms with Crippen LogP contribution in [-0.4, -0.2) is 16.4 Å². The zero-order chi connectivity index (χ0) is 11.8. The Balaban J connectivity index is 1.92. The summed E-state index contributed by atoms with van der Waals surface area (Å²) in [5, 5.41) is 0.740. The maximum atomic E-state index is 5.87. The highest BCUT2D eigenvalue weighted by molar-refractivity contribution is 9.07. The molecule has 3 rings (SSSR count). The molecule has 0 bridgehead atoms. The average molecular weight is 311 g/mol. The molecule has 1 aromatic rings. The summed E-state index contributed by atoms with van der Waals surface area (Å²) in [7, 11) is 0. The van der Waals surface area contributed by atoms with E-state index in [-0.39, 0.29) is 0 Å². The molecule has 85 valence electrons. The van der Waals surface area contributed by atoms with Crippen LogP contribution in [0.15, 0.2) is 47.7 Å². The SMILES string of the molecule is Clc1ccc(C2=C[N+]3CN(Br)C=CC3=N2)cc1. The van der Waals surface area contributed by atoms with Gasteiger partial charge in [0.15, 0.2) is 6.20 Å². The normalized spacial score (nSPS) is 19.1. The molecule has 0 unspecified atom stereocenters. The quantitative estimate of drug-likeness (QED) is 0.576. The molecule has 3 nitrogen and oxygen atoms in total. The van der Waals surface area contributed by atoms with Crippen LogP contribution in [0.5, 0.6) is 0 Å². The van der Waals surface area contributed by atoms with Crippen molar-refractivity contribution in [2.45, 2.75) is 0 Å². The second kappa shape index (κ2) is 4.29. The van der Waals surface area contributed by atoms with Crippen LogP contribution in [0.25, 0.3) is 5.70 Å². The summed E-state index contributed by atoms with van der Waals surface area (Å²) < 4.78 is 1.92. The molecule has 0 amide bonds. The minimum atomic E-state index is 0.740. The largest absolute Gasteiger partial charge is 0.285 e. The Labute approximate surface area is 113 Å². The molecule has 1 radical (unpaired) electrons. The number of amidine groups is 1. The Kier molecular flexibility index (Phi) is 2.78. The first-order valence-electron chi connectivity index (χ1n) is 5.16. The minimum Gasteiger partial charge on any atom is -0.262 e. The Morgan fingerprint density at radius 1 is 1.29 bits per heavy atom. The van der Waals surface area contributed by atoms with E-state index in [0.29, 0.717) is 0 Å². The molecule has 0 aromatic heterocycles. The third kappa shape index (κ3) is 2.16. The molecular formula is C12H9BrClN3+. The first-order valence-corrected chi connectivity index (χ1v) is 6.25. The van der Waals surface area contributed by atoms with Crippen molar-refractivity contribution in [3.05, 3.63) is 53.3 Å². The van der Waals surface area contributed by atoms with Crippen LogP contribution in [0.4, 0.5) is 0 Å². The molecule has 0 spiro atoms. The number of fused-ring (bicyclic) bond motifs is 1. The van der Waals surface area contributed by atoms with Crippen LogP contribution in [0, 0.1) is 0 Å². The van der Waals surface area contributed by atoms with Gasteiger partial charge in [0.2, 0.25) is 6.67 Å². The third-order valence-corrected chi connectivity index (χ3v) is 3.33. The van der Waals surface area contributed by atoms with Crippen LogP contribution in [0.2, 0.25) is 5.02 Å². The molecule has 5 heteroatoms. The van der Waals surface area contributed by atoms with Crippen LogP contribution >= 0.6 is 27.7 Å². The van der Waals surface area contributed by atoms with Gasteiger partial charge in [-0.3, -0.25) is 3.93 Å². The van der Waals surface area contributed by atoms with Crippen LogP contribution in [-0.2, 0) is 0 Å². The highest BCUT2D eigenvalue weighted by Gasteiger charge is 2.32. The first kappa shape index (κ1) is 11.0. The van der Waals surface area contributed by atoms with E-state index in [1.54, 1.807) is 0 Å². The minimum absolute atomic E-state index is 0.740. The van der Waals surface area contributed by atoms with E-state index in [2.05, 4.69) is 26.0 Å². The second-order valence-electron chi connectivity index (χ2n) is 3.82. The number of hydrogen-bond acceptors (Lipinski definition) is 3. The molecule has 0 aliphatic carbocycles. The molecule has 0 atom stereocenters. The Bertz CT molecular complexity index is 533. The summed E-state index contributed by atoms with van der Waals surface area (Å²) >= 11 is 9.28. The molecule has 0 saturated heterocycles. The van der Waals surface area contributed by atoms with Gasteiger partial charge >= 0.3 is 0 Å². The standard InChI is InChI=1S/C12H9BrClN3/c13-17-6-5-12-15-11(7-16(12)8-17)9-1-3-10(14)4-2-9/h1-7H,8H2/q+1. The second-order valence-corrected chi connectivity index (χ2v) is 5.17. The maximum Gasteiger partial charge on any atom is 0.285 e. The van der Waals surface area contributed by atoms with Crippen molar-refractivity contribution in [3.8, 4) is 0 Å². The van der Waals surface area contributed by atoms with Gasteiger partial charge in [0.05, 0.1) is 16.1 Å². The van der Waals surface area contributed by atoms with Gasteiger partial charge in [-0.25, -0.2) is 0 Å². The lowest BCUT2D eigenvalue weighted by molar-refractivity contribution is 0.524. The van der Waals surface area contributed by atoms with Crippen molar-refractivity contribution in [2.75, 3.05) is 6.67 Å². The molecule has 0 fully saturated rings. The fraction of sp³-hybridized carbons (Fsp3) is 0.0833. The van der Waals surface area contributed by atoms with Crippen molar-refractivity contribution in [1.82, 2.24) is 8.83 Å². The first-order chi connectivity index (χ1) is 8.22. The summed E-state index contributed by atoms with van der Waals surface area (Å²) in [5.41, 5.74) is 2.04. The molecule has 2 heterocycles. The lowest BCUT2D eigenvalue weighted by atomic mass is 10.2. The van der Waals surface area contributed by atoms with Crippen LogP contribution < -0.4 is 4.90 Å². The smallest absolute Gasteiger partial charge is 0.262 e. The number of hydrogen-bond donors (Lipinski definition) is 0. The van der Waals surface area contributed by atoms with Gasteiger partial charge in [-0.2, -0.15) is 4.99 Å². The summed E-state index contributed by atoms with van der Waals surface area (Å²) in [4.78, 5) is 6.65. The van der Waals surface area contributed by atoms with Gasteiger partial charge in [0.1, 0.15) is 5.70 Å². The summed E-state index contributed by atoms with van der Waals surface area (Å²) in [5.74, 6) is 0.964. The van der Waals surface area contributed by atoms with Crippen molar-refractivity contribution >= 4 is 39.3 Å². The third-order valence-electron chi connectivity index (χ3n) is 2.62. The average Bonchev–Trinajstić information content (AvgIpc) is 2.72. The fourth-order valence-corrected chi connectivity index (χ4v) is 2.26. The van der Waals surface area contributed by atoms with Crippen molar-refractivity contribution in [2.24, 2.45) is 4.99 Å². The predicted molar refractivity (Wildman–Crippen MR) is 73.8 cm³/mol. The number of halogens is 2. The highest BCUT2D eigenvalue weighted by atomic mass is 79.9. The molecule has 1 aromatic carbocycles. The summed E-state index contributed by atoms with van der Waals surface area (Å²) in [6.07, 6.45) is 5.96. The van der Waals surface area contributed by atoms with Gasteiger partial charge in [0.25, 0.3) is 5.84 Å². The van der Waals surface area contributed by atoms with E-state index >= 15 is 0 Å². The Morgan fingerprint density at radius 2 is 2.06 bits per heavy atom. The molecule has 17 heavy (non-hydrogen) atoms. The van der Waals surface area contributed by atoms with E-state index in [1.165, 1.54) is 0 Å². The lowest BCUT2D eigenvalue weighted by Crippen LogP contribution is -2.37. The predicted octanol–water partition coefficient (Wildman–Crippen LogP) is 3.29. The van der Waals surface area contributed by atoms with E-state index in [9.17, 15) is 0 Å². The van der Waals surface area contributed by atoms with Gasteiger partial charge in [0, 0.05) is 22.9 Å². The summed E-state index contributed by atoms with van der Waals surface area (Å²) in [6.45, 7) is 0.756. The topological polar surface area (TPSA) is 21.5 Å². The van der Waals surface area contributed by atoms with E-state index < -0.39 is 0 Å². The number of benzene rings is 1. The van der Waals surface area contributed by atoms with E-state index in [0.717, 1.165) is 28.8 Å². The zero-order valence-corrected chi connectivity index (χ0v) is 11.2. The van der Waals surface area contributed by atoms with E-state index in [1.807, 2.05) is 46.7 Å². The van der Waals surface area contributed by atoms with Gasteiger partial charge < -0.3 is 0 Å². The highest BCUT2D eigenvalue weighted by Crippen LogP contribution is 2.25. The molecule has 2 aliphatic heterocycles. The number of rotatable bonds is 1. The van der Waals surface area contributed by atoms with Crippen molar-refractivity contribution < 1.29 is 0 Å². The van der Waals surface area contributed by atoms with Crippen LogP contribution in [0.3, 0.4) is 0 Å². The van der Waals surface area contributed by atoms with Crippen molar-refractivity contribution in [1.29, 1.82) is 0 Å². The van der Waals surface area contributed by atoms with Crippen molar-refractivity contribution in [3.63, 3.8) is 0 Å². The molecule has 2 aliphatic rings. The molecule has 0 N–H and O–H groups in total. The Morgan fingerprint density at radius 3 is 2.82 bits per heavy atom. The van der Waals surface area contributed by atoms with Crippen LogP contribution in [0.1, 0.15) is 5.56 Å². The Hall–Kier alpha value is -1.10. The monoisotopic (exact) mass is 309 g/mol. The number of nitrogens with zero attached hydrogens (tertiary/aromatic N) is 3. The zero-order valence-electron chi connectivity index (χ0n) is 8.85. The van der Waals surface area contributed by atoms with Gasteiger partial charge in [-0.05, 0) is 12.1 Å². The molecule has 0 saturated carbocycles. The number of aliphatic imine (C=N–C) groups is 1. The van der Waals surface area contributed by atoms with Gasteiger partial charge in [-0.15, -0.1) is 0 Å².